The van der Waals surface area contributed by atoms with Crippen LogP contribution in [0.2, 0.25) is 0 Å². The number of hydrogen-bond acceptors (Lipinski definition) is 3. The van der Waals surface area contributed by atoms with Crippen LogP contribution in [-0.2, 0) is 4.74 Å². The van der Waals surface area contributed by atoms with Gasteiger partial charge in [-0.3, -0.25) is 10.3 Å². The molecule has 0 rings (SSSR count). The summed E-state index contributed by atoms with van der Waals surface area (Å²) in [5, 5.41) is 5.45. The van der Waals surface area contributed by atoms with Gasteiger partial charge in [0.05, 0.1) is 0 Å². The molecule has 86 valence electrons. The number of aliphatic imine (C=N–C) groups is 1. The number of carbonyl (C=O) groups is 1. The van der Waals surface area contributed by atoms with Crippen molar-refractivity contribution in [2.24, 2.45) is 4.99 Å². The zero-order chi connectivity index (χ0) is 11.7. The van der Waals surface area contributed by atoms with Gasteiger partial charge in [-0.2, -0.15) is 0 Å². The lowest BCUT2D eigenvalue weighted by Crippen LogP contribution is -2.41. The van der Waals surface area contributed by atoms with Crippen molar-refractivity contribution in [3.8, 4) is 0 Å². The van der Waals surface area contributed by atoms with Crippen LogP contribution in [0.4, 0.5) is 4.79 Å². The van der Waals surface area contributed by atoms with Gasteiger partial charge in [-0.05, 0) is 18.9 Å². The predicted octanol–water partition coefficient (Wildman–Crippen LogP) is 1.27. The number of amides is 1. The van der Waals surface area contributed by atoms with Crippen LogP contribution in [0.5, 0.6) is 0 Å². The predicted molar refractivity (Wildman–Crippen MR) is 61.0 cm³/mol. The standard InChI is InChI=1S/C10H19N3O2/c1-5-6-12-9(11-4)13-10(14)15-7-8(2)3/h2,5-7H2,1,3-4H3,(H2,11,12,13,14). The first-order chi connectivity index (χ1) is 7.10. The smallest absolute Gasteiger partial charge is 0.414 e. The number of nitrogens with zero attached hydrogens (tertiary/aromatic N) is 1. The lowest BCUT2D eigenvalue weighted by molar-refractivity contribution is 0.161. The molecule has 0 saturated carbocycles. The minimum atomic E-state index is -0.526. The van der Waals surface area contributed by atoms with E-state index in [0.29, 0.717) is 5.96 Å². The molecule has 0 bridgehead atoms. The zero-order valence-electron chi connectivity index (χ0n) is 9.59. The summed E-state index contributed by atoms with van der Waals surface area (Å²) < 4.78 is 4.85. The molecule has 1 amide bonds. The Morgan fingerprint density at radius 3 is 2.67 bits per heavy atom. The van der Waals surface area contributed by atoms with Gasteiger partial charge in [0, 0.05) is 13.6 Å². The summed E-state index contributed by atoms with van der Waals surface area (Å²) >= 11 is 0. The van der Waals surface area contributed by atoms with Crippen LogP contribution < -0.4 is 10.6 Å². The van der Waals surface area contributed by atoms with E-state index in [4.69, 9.17) is 4.74 Å². The molecule has 5 heteroatoms. The van der Waals surface area contributed by atoms with Crippen LogP contribution >= 0.6 is 0 Å². The molecule has 15 heavy (non-hydrogen) atoms. The summed E-state index contributed by atoms with van der Waals surface area (Å²) in [5.74, 6) is 0.420. The topological polar surface area (TPSA) is 62.7 Å². The van der Waals surface area contributed by atoms with Crippen LogP contribution in [0.15, 0.2) is 17.1 Å². The van der Waals surface area contributed by atoms with Gasteiger partial charge in [0.25, 0.3) is 0 Å². The van der Waals surface area contributed by atoms with Crippen LogP contribution in [0, 0.1) is 0 Å². The first kappa shape index (κ1) is 13.5. The van der Waals surface area contributed by atoms with Crippen molar-refractivity contribution < 1.29 is 9.53 Å². The maximum atomic E-state index is 11.2. The molecule has 0 fully saturated rings. The molecule has 0 aromatic rings. The maximum Gasteiger partial charge on any atom is 0.414 e. The minimum absolute atomic E-state index is 0.219. The second kappa shape index (κ2) is 7.84. The van der Waals surface area contributed by atoms with Crippen LogP contribution in [0.1, 0.15) is 20.3 Å². The van der Waals surface area contributed by atoms with E-state index < -0.39 is 6.09 Å². The van der Waals surface area contributed by atoms with Crippen molar-refractivity contribution in [1.29, 1.82) is 0 Å². The second-order valence-corrected chi connectivity index (χ2v) is 3.16. The van der Waals surface area contributed by atoms with Gasteiger partial charge in [0.15, 0.2) is 0 Å². The fraction of sp³-hybridized carbons (Fsp3) is 0.600. The molecular formula is C10H19N3O2. The van der Waals surface area contributed by atoms with E-state index in [1.165, 1.54) is 0 Å². The number of ether oxygens (including phenoxy) is 1. The summed E-state index contributed by atoms with van der Waals surface area (Å²) in [7, 11) is 1.59. The Labute approximate surface area is 90.6 Å². The van der Waals surface area contributed by atoms with E-state index in [1.807, 2.05) is 6.92 Å². The Balaban J connectivity index is 3.86. The Morgan fingerprint density at radius 2 is 2.20 bits per heavy atom. The number of carbonyl (C=O) groups excluding carboxylic acids is 1. The Hall–Kier alpha value is -1.52. The summed E-state index contributed by atoms with van der Waals surface area (Å²) in [6.45, 7) is 8.42. The highest BCUT2D eigenvalue weighted by Gasteiger charge is 2.05. The fourth-order valence-corrected chi connectivity index (χ4v) is 0.744. The molecule has 5 nitrogen and oxygen atoms in total. The molecule has 0 unspecified atom stereocenters. The number of alkyl carbamates (subject to hydrolysis) is 1. The number of hydrogen-bond donors (Lipinski definition) is 2. The molecule has 0 saturated heterocycles. The average molecular weight is 213 g/mol. The van der Waals surface area contributed by atoms with E-state index in [9.17, 15) is 4.79 Å². The normalized spacial score (nSPS) is 10.7. The highest BCUT2D eigenvalue weighted by molar-refractivity contribution is 5.93. The van der Waals surface area contributed by atoms with Crippen molar-refractivity contribution in [3.63, 3.8) is 0 Å². The van der Waals surface area contributed by atoms with Gasteiger partial charge < -0.3 is 10.1 Å². The first-order valence-corrected chi connectivity index (χ1v) is 4.89. The lowest BCUT2D eigenvalue weighted by atomic mass is 10.4. The van der Waals surface area contributed by atoms with Crippen LogP contribution in [0.25, 0.3) is 0 Å². The third kappa shape index (κ3) is 7.54. The molecule has 0 aliphatic carbocycles. The van der Waals surface area contributed by atoms with Gasteiger partial charge >= 0.3 is 6.09 Å². The maximum absolute atomic E-state index is 11.2. The molecular weight excluding hydrogens is 194 g/mol. The van der Waals surface area contributed by atoms with Gasteiger partial charge in [-0.15, -0.1) is 0 Å². The number of guanidine groups is 1. The molecule has 2 N–H and O–H groups in total. The Bertz CT molecular complexity index is 249. The van der Waals surface area contributed by atoms with Crippen molar-refractivity contribution >= 4 is 12.1 Å². The van der Waals surface area contributed by atoms with Crippen molar-refractivity contribution in [2.45, 2.75) is 20.3 Å². The highest BCUT2D eigenvalue weighted by Crippen LogP contribution is 1.88. The molecule has 0 atom stereocenters. The number of nitrogens with one attached hydrogen (secondary N) is 2. The Kier molecular flexibility index (Phi) is 7.05. The van der Waals surface area contributed by atoms with E-state index in [0.717, 1.165) is 18.5 Å². The third-order valence-corrected chi connectivity index (χ3v) is 1.44. The quantitative estimate of drug-likeness (QED) is 0.420. The van der Waals surface area contributed by atoms with Gasteiger partial charge in [0.2, 0.25) is 5.96 Å². The summed E-state index contributed by atoms with van der Waals surface area (Å²) in [6.07, 6.45) is 0.434. The van der Waals surface area contributed by atoms with Gasteiger partial charge in [-0.25, -0.2) is 4.79 Å². The van der Waals surface area contributed by atoms with E-state index in [-0.39, 0.29) is 6.61 Å². The van der Waals surface area contributed by atoms with Gasteiger partial charge in [0.1, 0.15) is 6.61 Å². The van der Waals surface area contributed by atoms with Gasteiger partial charge in [-0.1, -0.05) is 13.5 Å². The minimum Gasteiger partial charge on any atom is -0.445 e. The Morgan fingerprint density at radius 1 is 1.53 bits per heavy atom. The fourth-order valence-electron chi connectivity index (χ4n) is 0.744. The monoisotopic (exact) mass is 213 g/mol. The van der Waals surface area contributed by atoms with Crippen molar-refractivity contribution in [2.75, 3.05) is 20.2 Å². The van der Waals surface area contributed by atoms with E-state index >= 15 is 0 Å². The third-order valence-electron chi connectivity index (χ3n) is 1.44. The molecule has 0 radical (unpaired) electrons. The lowest BCUT2D eigenvalue weighted by Gasteiger charge is -2.10. The van der Waals surface area contributed by atoms with Crippen molar-refractivity contribution in [3.05, 3.63) is 12.2 Å². The first-order valence-electron chi connectivity index (χ1n) is 4.89. The van der Waals surface area contributed by atoms with Crippen LogP contribution in [0.3, 0.4) is 0 Å². The molecule has 0 aliphatic rings. The average Bonchev–Trinajstić information content (AvgIpc) is 2.21. The van der Waals surface area contributed by atoms with E-state index in [2.05, 4.69) is 22.2 Å². The highest BCUT2D eigenvalue weighted by atomic mass is 16.5. The molecule has 0 aromatic carbocycles. The van der Waals surface area contributed by atoms with Crippen LogP contribution in [-0.4, -0.2) is 32.3 Å². The molecule has 0 aromatic heterocycles. The molecule has 0 spiro atoms. The SMILES string of the molecule is C=C(C)COC(=O)NC(=NC)NCCC. The van der Waals surface area contributed by atoms with E-state index in [1.54, 1.807) is 14.0 Å². The zero-order valence-corrected chi connectivity index (χ0v) is 9.59. The van der Waals surface area contributed by atoms with Crippen molar-refractivity contribution in [1.82, 2.24) is 10.6 Å². The summed E-state index contributed by atoms with van der Waals surface area (Å²) in [4.78, 5) is 15.0. The number of rotatable bonds is 4. The summed E-state index contributed by atoms with van der Waals surface area (Å²) in [5.41, 5.74) is 0.793. The second-order valence-electron chi connectivity index (χ2n) is 3.16. The largest absolute Gasteiger partial charge is 0.445 e. The summed E-state index contributed by atoms with van der Waals surface area (Å²) in [6, 6.07) is 0. The molecule has 0 heterocycles. The molecule has 0 aliphatic heterocycles.